The number of aliphatic hydroxyl groups is 2. The van der Waals surface area contributed by atoms with Gasteiger partial charge in [0.25, 0.3) is 0 Å². The van der Waals surface area contributed by atoms with Gasteiger partial charge in [-0.2, -0.15) is 0 Å². The first-order chi connectivity index (χ1) is 38.5. The SMILES string of the molecule is CCCCCCCCCCCCCCCCCC/C=C/C(O)C(CO)NC(=O)CCCCCCCCCCCCCCCCCC/C=C\CCCCCCCCCCCCCCOC(=O)CCCCCCCCCCCCC. The lowest BCUT2D eigenvalue weighted by atomic mass is 10.0. The Bertz CT molecular complexity index is 1220. The van der Waals surface area contributed by atoms with Crippen molar-refractivity contribution in [2.45, 2.75) is 411 Å². The number of amides is 1. The highest BCUT2D eigenvalue weighted by atomic mass is 16.5. The molecule has 462 valence electrons. The van der Waals surface area contributed by atoms with Gasteiger partial charge in [-0.05, 0) is 57.8 Å². The Hall–Kier alpha value is -1.66. The summed E-state index contributed by atoms with van der Waals surface area (Å²) >= 11 is 0. The lowest BCUT2D eigenvalue weighted by Gasteiger charge is -2.20. The summed E-state index contributed by atoms with van der Waals surface area (Å²) in [6, 6.07) is -0.626. The van der Waals surface area contributed by atoms with Crippen molar-refractivity contribution >= 4 is 11.9 Å². The van der Waals surface area contributed by atoms with Crippen LogP contribution < -0.4 is 5.32 Å². The topological polar surface area (TPSA) is 95.9 Å². The molecule has 0 fully saturated rings. The van der Waals surface area contributed by atoms with Crippen LogP contribution in [0.25, 0.3) is 0 Å². The summed E-state index contributed by atoms with van der Waals surface area (Å²) in [4.78, 5) is 24.5. The van der Waals surface area contributed by atoms with Crippen molar-refractivity contribution in [1.82, 2.24) is 5.32 Å². The van der Waals surface area contributed by atoms with Crippen LogP contribution in [-0.2, 0) is 14.3 Å². The minimum absolute atomic E-state index is 0.0182. The van der Waals surface area contributed by atoms with E-state index in [1.807, 2.05) is 6.08 Å². The largest absolute Gasteiger partial charge is 0.466 e. The molecule has 1 amide bonds. The molecule has 0 aromatic rings. The lowest BCUT2D eigenvalue weighted by molar-refractivity contribution is -0.143. The molecule has 0 heterocycles. The van der Waals surface area contributed by atoms with Crippen LogP contribution >= 0.6 is 0 Å². The maximum Gasteiger partial charge on any atom is 0.305 e. The van der Waals surface area contributed by atoms with Gasteiger partial charge in [0.15, 0.2) is 0 Å². The first kappa shape index (κ1) is 76.3. The summed E-state index contributed by atoms with van der Waals surface area (Å²) in [5.74, 6) is -0.0436. The van der Waals surface area contributed by atoms with Crippen LogP contribution in [0, 0.1) is 0 Å². The fourth-order valence-electron chi connectivity index (χ4n) is 11.3. The molecule has 0 aromatic heterocycles. The number of unbranched alkanes of at least 4 members (excludes halogenated alkanes) is 54. The van der Waals surface area contributed by atoms with E-state index in [-0.39, 0.29) is 18.5 Å². The van der Waals surface area contributed by atoms with Gasteiger partial charge in [-0.1, -0.05) is 353 Å². The van der Waals surface area contributed by atoms with Gasteiger partial charge in [0.1, 0.15) is 0 Å². The predicted octanol–water partition coefficient (Wildman–Crippen LogP) is 22.9. The standard InChI is InChI=1S/C72H139NO5/c1-3-5-7-9-11-13-15-16-17-18-35-38-41-45-48-52-56-60-64-70(75)69(68-74)73-71(76)65-61-57-53-49-46-42-39-36-33-31-29-27-25-23-21-19-20-22-24-26-28-30-32-34-37-40-43-47-51-55-59-63-67-78-72(77)66-62-58-54-50-44-14-12-10-8-6-4-2/h22,24,60,64,69-70,74-75H,3-21,23,25-59,61-63,65-68H2,1-2H3,(H,73,76)/b24-22-,64-60+. The zero-order chi connectivity index (χ0) is 56.4. The van der Waals surface area contributed by atoms with Crippen molar-refractivity contribution in [3.63, 3.8) is 0 Å². The number of hydrogen-bond donors (Lipinski definition) is 3. The minimum Gasteiger partial charge on any atom is -0.466 e. The number of carbonyl (C=O) groups is 2. The van der Waals surface area contributed by atoms with Crippen LogP contribution in [0.4, 0.5) is 0 Å². The van der Waals surface area contributed by atoms with E-state index >= 15 is 0 Å². The zero-order valence-electron chi connectivity index (χ0n) is 52.9. The number of carbonyl (C=O) groups excluding carboxylic acids is 2. The molecule has 0 rings (SSSR count). The predicted molar refractivity (Wildman–Crippen MR) is 343 cm³/mol. The molecular formula is C72H139NO5. The fourth-order valence-corrected chi connectivity index (χ4v) is 11.3. The summed E-state index contributed by atoms with van der Waals surface area (Å²) in [5, 5.41) is 23.2. The van der Waals surface area contributed by atoms with Crippen LogP contribution in [0.15, 0.2) is 24.3 Å². The van der Waals surface area contributed by atoms with Gasteiger partial charge in [-0.15, -0.1) is 0 Å². The molecule has 0 radical (unpaired) electrons. The highest BCUT2D eigenvalue weighted by Crippen LogP contribution is 2.19. The summed E-state index contributed by atoms with van der Waals surface area (Å²) in [6.45, 7) is 4.94. The fraction of sp³-hybridized carbons (Fsp3) is 0.917. The van der Waals surface area contributed by atoms with Crippen molar-refractivity contribution in [1.29, 1.82) is 0 Å². The van der Waals surface area contributed by atoms with Crippen molar-refractivity contribution in [3.05, 3.63) is 24.3 Å². The maximum atomic E-state index is 12.5. The Balaban J connectivity index is 3.37. The second kappa shape index (κ2) is 67.8. The first-order valence-electron chi connectivity index (χ1n) is 35.6. The monoisotopic (exact) mass is 1100 g/mol. The Morgan fingerprint density at radius 2 is 0.603 bits per heavy atom. The van der Waals surface area contributed by atoms with Gasteiger partial charge in [0.05, 0.1) is 25.4 Å². The second-order valence-corrected chi connectivity index (χ2v) is 24.6. The van der Waals surface area contributed by atoms with Gasteiger partial charge < -0.3 is 20.3 Å². The van der Waals surface area contributed by atoms with E-state index in [0.717, 1.165) is 38.5 Å². The molecule has 0 saturated heterocycles. The number of esters is 1. The quantitative estimate of drug-likeness (QED) is 0.0320. The Kier molecular flexibility index (Phi) is 66.4. The molecule has 0 spiro atoms. The van der Waals surface area contributed by atoms with E-state index in [1.165, 1.54) is 334 Å². The number of hydrogen-bond acceptors (Lipinski definition) is 5. The Labute approximate surface area is 488 Å². The van der Waals surface area contributed by atoms with E-state index < -0.39 is 12.1 Å². The molecule has 0 aromatic carbocycles. The average molecular weight is 1100 g/mol. The van der Waals surface area contributed by atoms with E-state index in [1.54, 1.807) is 6.08 Å². The smallest absolute Gasteiger partial charge is 0.305 e. The second-order valence-electron chi connectivity index (χ2n) is 24.6. The maximum absolute atomic E-state index is 12.5. The first-order valence-corrected chi connectivity index (χ1v) is 35.6. The molecule has 3 N–H and O–H groups in total. The van der Waals surface area contributed by atoms with Crippen LogP contribution in [0.3, 0.4) is 0 Å². The average Bonchev–Trinajstić information content (AvgIpc) is 3.44. The normalized spacial score (nSPS) is 12.6. The summed E-state index contributed by atoms with van der Waals surface area (Å²) < 4.78 is 5.47. The van der Waals surface area contributed by atoms with E-state index in [2.05, 4.69) is 31.3 Å². The van der Waals surface area contributed by atoms with Crippen molar-refractivity contribution in [2.24, 2.45) is 0 Å². The highest BCUT2D eigenvalue weighted by Gasteiger charge is 2.18. The van der Waals surface area contributed by atoms with Crippen LogP contribution in [-0.4, -0.2) is 47.4 Å². The highest BCUT2D eigenvalue weighted by molar-refractivity contribution is 5.76. The lowest BCUT2D eigenvalue weighted by Crippen LogP contribution is -2.45. The third-order valence-electron chi connectivity index (χ3n) is 16.7. The zero-order valence-corrected chi connectivity index (χ0v) is 52.9. The summed E-state index contributed by atoms with van der Waals surface area (Å²) in [6.07, 6.45) is 85.5. The van der Waals surface area contributed by atoms with E-state index in [0.29, 0.717) is 19.4 Å². The third-order valence-corrected chi connectivity index (χ3v) is 16.7. The molecule has 0 saturated carbocycles. The number of rotatable bonds is 67. The molecular weight excluding hydrogens is 959 g/mol. The molecule has 0 aliphatic carbocycles. The van der Waals surface area contributed by atoms with Gasteiger partial charge in [0.2, 0.25) is 5.91 Å². The van der Waals surface area contributed by atoms with Crippen LogP contribution in [0.2, 0.25) is 0 Å². The van der Waals surface area contributed by atoms with E-state index in [9.17, 15) is 19.8 Å². The summed E-state index contributed by atoms with van der Waals surface area (Å²) in [5.41, 5.74) is 0. The third kappa shape index (κ3) is 63.5. The molecule has 78 heavy (non-hydrogen) atoms. The number of ether oxygens (including phenoxy) is 1. The van der Waals surface area contributed by atoms with Gasteiger partial charge >= 0.3 is 5.97 Å². The molecule has 2 atom stereocenters. The van der Waals surface area contributed by atoms with E-state index in [4.69, 9.17) is 4.74 Å². The Morgan fingerprint density at radius 3 is 0.910 bits per heavy atom. The van der Waals surface area contributed by atoms with Gasteiger partial charge in [-0.3, -0.25) is 9.59 Å². The van der Waals surface area contributed by atoms with Crippen molar-refractivity contribution in [2.75, 3.05) is 13.2 Å². The molecule has 6 nitrogen and oxygen atoms in total. The molecule has 0 aliphatic heterocycles. The number of allylic oxidation sites excluding steroid dienone is 3. The minimum atomic E-state index is -0.843. The molecule has 0 bridgehead atoms. The van der Waals surface area contributed by atoms with Crippen molar-refractivity contribution < 1.29 is 24.5 Å². The van der Waals surface area contributed by atoms with Crippen molar-refractivity contribution in [3.8, 4) is 0 Å². The number of nitrogens with one attached hydrogen (secondary N) is 1. The van der Waals surface area contributed by atoms with Gasteiger partial charge in [0, 0.05) is 12.8 Å². The van der Waals surface area contributed by atoms with Crippen LogP contribution in [0.1, 0.15) is 399 Å². The number of aliphatic hydroxyl groups excluding tert-OH is 2. The Morgan fingerprint density at radius 1 is 0.346 bits per heavy atom. The molecule has 2 unspecified atom stereocenters. The van der Waals surface area contributed by atoms with Gasteiger partial charge in [-0.25, -0.2) is 0 Å². The summed E-state index contributed by atoms with van der Waals surface area (Å²) in [7, 11) is 0. The van der Waals surface area contributed by atoms with Crippen LogP contribution in [0.5, 0.6) is 0 Å². The molecule has 6 heteroatoms. The molecule has 0 aliphatic rings.